The van der Waals surface area contributed by atoms with E-state index in [-0.39, 0.29) is 43.9 Å². The van der Waals surface area contributed by atoms with E-state index < -0.39 is 18.8 Å². The molecule has 0 aromatic heterocycles. The molecule has 0 bridgehead atoms. The number of rotatable bonds is 6. The maximum atomic E-state index is 13.4. The van der Waals surface area contributed by atoms with E-state index >= 15 is 0 Å². The zero-order valence-corrected chi connectivity index (χ0v) is 16.8. The van der Waals surface area contributed by atoms with Gasteiger partial charge in [0, 0.05) is 19.2 Å². The molecule has 0 radical (unpaired) electrons. The summed E-state index contributed by atoms with van der Waals surface area (Å²) in [6, 6.07) is 13.8. The minimum Gasteiger partial charge on any atom is -0.491 e. The van der Waals surface area contributed by atoms with Gasteiger partial charge in [-0.2, -0.15) is 0 Å². The number of benzene rings is 2. The molecule has 2 aliphatic rings. The van der Waals surface area contributed by atoms with Crippen LogP contribution in [0.1, 0.15) is 35.3 Å². The molecule has 1 N–H and O–H groups in total. The van der Waals surface area contributed by atoms with Gasteiger partial charge in [-0.25, -0.2) is 0 Å². The molecular weight excluding hydrogens is 387 g/mol. The second-order valence-corrected chi connectivity index (χ2v) is 7.53. The van der Waals surface area contributed by atoms with Crippen LogP contribution in [0.25, 0.3) is 0 Å². The van der Waals surface area contributed by atoms with Crippen molar-refractivity contribution in [2.75, 3.05) is 26.9 Å². The normalized spacial score (nSPS) is 22.7. The van der Waals surface area contributed by atoms with E-state index in [2.05, 4.69) is 5.32 Å². The molecule has 2 amide bonds. The van der Waals surface area contributed by atoms with E-state index in [0.717, 1.165) is 22.4 Å². The van der Waals surface area contributed by atoms with Crippen LogP contribution in [-0.2, 0) is 20.7 Å². The number of fused-ring (bicyclic) bond motifs is 2. The van der Waals surface area contributed by atoms with Crippen molar-refractivity contribution in [1.82, 2.24) is 10.2 Å². The third-order valence-electron chi connectivity index (χ3n) is 5.70. The molecule has 4 rings (SSSR count). The zero-order chi connectivity index (χ0) is 21.1. The molecule has 6 nitrogen and oxygen atoms in total. The molecule has 0 fully saturated rings. The van der Waals surface area contributed by atoms with Gasteiger partial charge in [-0.15, -0.1) is 0 Å². The first kappa shape index (κ1) is 20.3. The van der Waals surface area contributed by atoms with Crippen molar-refractivity contribution in [2.24, 2.45) is 0 Å². The first-order valence-electron chi connectivity index (χ1n) is 10.1. The number of carbonyl (C=O) groups is 2. The van der Waals surface area contributed by atoms with Crippen molar-refractivity contribution in [2.45, 2.75) is 31.0 Å². The van der Waals surface area contributed by atoms with Crippen LogP contribution in [-0.4, -0.2) is 49.7 Å². The van der Waals surface area contributed by atoms with Crippen LogP contribution >= 0.6 is 0 Å². The largest absolute Gasteiger partial charge is 0.491 e. The van der Waals surface area contributed by atoms with Crippen molar-refractivity contribution in [1.29, 1.82) is 0 Å². The number of methoxy groups -OCH3 is 1. The highest BCUT2D eigenvalue weighted by Crippen LogP contribution is 2.35. The maximum absolute atomic E-state index is 13.4. The molecule has 2 heterocycles. The minimum absolute atomic E-state index is 0.171. The number of para-hydroxylation sites is 1. The number of hydrogen-bond donors (Lipinski definition) is 1. The predicted octanol–water partition coefficient (Wildman–Crippen LogP) is 2.74. The lowest BCUT2D eigenvalue weighted by Gasteiger charge is -2.38. The fraction of sp³-hybridized carbons (Fsp3) is 0.391. The summed E-state index contributed by atoms with van der Waals surface area (Å²) in [6.07, 6.45) is 0.0400. The van der Waals surface area contributed by atoms with Gasteiger partial charge >= 0.3 is 0 Å². The molecule has 0 saturated carbocycles. The average Bonchev–Trinajstić information content (AvgIpc) is 2.77. The average molecular weight is 412 g/mol. The first-order chi connectivity index (χ1) is 14.6. The summed E-state index contributed by atoms with van der Waals surface area (Å²) in [5.41, 5.74) is 2.47. The number of amides is 2. The van der Waals surface area contributed by atoms with Gasteiger partial charge in [-0.05, 0) is 23.6 Å². The summed E-state index contributed by atoms with van der Waals surface area (Å²) in [4.78, 5) is 27.6. The Bertz CT molecular complexity index is 935. The molecule has 3 atom stereocenters. The Hall–Kier alpha value is -2.93. The highest BCUT2D eigenvalue weighted by molar-refractivity contribution is 5.92. The van der Waals surface area contributed by atoms with E-state index in [1.807, 2.05) is 48.5 Å². The number of alkyl halides is 1. The number of hydrogen-bond acceptors (Lipinski definition) is 4. The van der Waals surface area contributed by atoms with Gasteiger partial charge in [0.15, 0.2) is 0 Å². The first-order valence-corrected chi connectivity index (χ1v) is 10.1. The minimum atomic E-state index is -0.802. The van der Waals surface area contributed by atoms with Crippen LogP contribution in [0.15, 0.2) is 48.5 Å². The van der Waals surface area contributed by atoms with Gasteiger partial charge < -0.3 is 19.7 Å². The van der Waals surface area contributed by atoms with Crippen LogP contribution < -0.4 is 10.1 Å². The van der Waals surface area contributed by atoms with Crippen LogP contribution in [0.2, 0.25) is 0 Å². The second kappa shape index (κ2) is 8.83. The number of nitrogens with zero attached hydrogens (tertiary/aromatic N) is 1. The molecule has 0 unspecified atom stereocenters. The Morgan fingerprint density at radius 1 is 1.20 bits per heavy atom. The lowest BCUT2D eigenvalue weighted by Crippen LogP contribution is -2.53. The third-order valence-corrected chi connectivity index (χ3v) is 5.70. The zero-order valence-electron chi connectivity index (χ0n) is 16.8. The molecule has 0 spiro atoms. The fourth-order valence-corrected chi connectivity index (χ4v) is 4.31. The number of ether oxygens (including phenoxy) is 2. The molecule has 158 valence electrons. The van der Waals surface area contributed by atoms with Gasteiger partial charge in [0.1, 0.15) is 24.5 Å². The van der Waals surface area contributed by atoms with E-state index in [1.165, 1.54) is 4.90 Å². The molecule has 0 aliphatic carbocycles. The van der Waals surface area contributed by atoms with Crippen LogP contribution in [0, 0.1) is 0 Å². The van der Waals surface area contributed by atoms with Gasteiger partial charge in [-0.1, -0.05) is 42.5 Å². The monoisotopic (exact) mass is 412 g/mol. The van der Waals surface area contributed by atoms with Gasteiger partial charge in [-0.3, -0.25) is 14.0 Å². The topological polar surface area (TPSA) is 67.9 Å². The van der Waals surface area contributed by atoms with Crippen molar-refractivity contribution >= 4 is 11.8 Å². The Balaban J connectivity index is 1.61. The summed E-state index contributed by atoms with van der Waals surface area (Å²) in [5, 5.41) is 3.02. The van der Waals surface area contributed by atoms with Crippen LogP contribution in [0.5, 0.6) is 5.75 Å². The fourth-order valence-electron chi connectivity index (χ4n) is 4.31. The Labute approximate surface area is 175 Å². The van der Waals surface area contributed by atoms with Crippen LogP contribution in [0.4, 0.5) is 4.39 Å². The van der Waals surface area contributed by atoms with E-state index in [0.29, 0.717) is 0 Å². The van der Waals surface area contributed by atoms with Crippen LogP contribution in [0.3, 0.4) is 0 Å². The number of halogens is 1. The highest BCUT2D eigenvalue weighted by atomic mass is 19.1. The Morgan fingerprint density at radius 2 is 1.93 bits per heavy atom. The molecule has 30 heavy (non-hydrogen) atoms. The van der Waals surface area contributed by atoms with Crippen molar-refractivity contribution in [3.05, 3.63) is 65.2 Å². The Kier molecular flexibility index (Phi) is 5.99. The smallest absolute Gasteiger partial charge is 0.247 e. The summed E-state index contributed by atoms with van der Waals surface area (Å²) in [5.74, 6) is 0.248. The highest BCUT2D eigenvalue weighted by Gasteiger charge is 2.39. The second-order valence-electron chi connectivity index (χ2n) is 7.53. The standard InChI is InChI=1S/C23H25FN2O4/c1-29-22-17-9-4-5-10-19(17)30-14-18(22)25-23(28)21-16-8-3-2-7-15(16)13-20(27)26(21)12-6-11-24/h2-5,7-10,18,21-22H,6,11-14H2,1H3,(H,25,28)/t18-,21-,22-/m0/s1. The number of nitrogens with one attached hydrogen (secondary N) is 1. The Morgan fingerprint density at radius 3 is 2.70 bits per heavy atom. The molecule has 0 saturated heterocycles. The molecule has 2 aromatic rings. The lowest BCUT2D eigenvalue weighted by molar-refractivity contribution is -0.142. The summed E-state index contributed by atoms with van der Waals surface area (Å²) < 4.78 is 24.3. The molecular formula is C23H25FN2O4. The molecule has 2 aromatic carbocycles. The van der Waals surface area contributed by atoms with Crippen molar-refractivity contribution < 1.29 is 23.5 Å². The van der Waals surface area contributed by atoms with E-state index in [9.17, 15) is 14.0 Å². The molecule has 7 heteroatoms. The van der Waals surface area contributed by atoms with Gasteiger partial charge in [0.05, 0.1) is 19.1 Å². The van der Waals surface area contributed by atoms with Crippen molar-refractivity contribution in [3.8, 4) is 5.75 Å². The maximum Gasteiger partial charge on any atom is 0.247 e. The molecule has 2 aliphatic heterocycles. The number of carbonyl (C=O) groups excluding carboxylic acids is 2. The van der Waals surface area contributed by atoms with Gasteiger partial charge in [0.2, 0.25) is 11.8 Å². The quantitative estimate of drug-likeness (QED) is 0.792. The van der Waals surface area contributed by atoms with Gasteiger partial charge in [0.25, 0.3) is 0 Å². The summed E-state index contributed by atoms with van der Waals surface area (Å²) >= 11 is 0. The SMILES string of the molecule is CO[C@H]1c2ccccc2OC[C@@H]1NC(=O)[C@@H]1c2ccccc2CC(=O)N1CCCF. The summed E-state index contributed by atoms with van der Waals surface area (Å²) in [7, 11) is 1.60. The lowest BCUT2D eigenvalue weighted by atomic mass is 9.90. The third kappa shape index (κ3) is 3.77. The summed E-state index contributed by atoms with van der Waals surface area (Å²) in [6.45, 7) is -0.0910. The van der Waals surface area contributed by atoms with E-state index in [1.54, 1.807) is 7.11 Å². The van der Waals surface area contributed by atoms with Crippen molar-refractivity contribution in [3.63, 3.8) is 0 Å². The van der Waals surface area contributed by atoms with E-state index in [4.69, 9.17) is 9.47 Å². The predicted molar refractivity (Wildman–Crippen MR) is 109 cm³/mol.